The number of rotatable bonds is 7. The van der Waals surface area contributed by atoms with E-state index in [1.807, 2.05) is 6.92 Å². The van der Waals surface area contributed by atoms with E-state index in [0.29, 0.717) is 17.4 Å². The summed E-state index contributed by atoms with van der Waals surface area (Å²) < 4.78 is 27.3. The van der Waals surface area contributed by atoms with Gasteiger partial charge in [0.1, 0.15) is 4.90 Å². The summed E-state index contributed by atoms with van der Waals surface area (Å²) in [5.41, 5.74) is 0. The molecule has 2 N–H and O–H groups in total. The van der Waals surface area contributed by atoms with E-state index in [1.54, 1.807) is 0 Å². The first-order valence-corrected chi connectivity index (χ1v) is 8.76. The molecule has 0 aliphatic heterocycles. The van der Waals surface area contributed by atoms with Crippen LogP contribution in [-0.4, -0.2) is 28.1 Å². The number of sulfonamides is 1. The van der Waals surface area contributed by atoms with Crippen LogP contribution in [0.3, 0.4) is 0 Å². The minimum absolute atomic E-state index is 0.0810. The van der Waals surface area contributed by atoms with Crippen molar-refractivity contribution in [3.8, 4) is 0 Å². The molecule has 0 fully saturated rings. The zero-order chi connectivity index (χ0) is 14.5. The average molecular weight is 390 g/mol. The van der Waals surface area contributed by atoms with Crippen molar-refractivity contribution in [3.05, 3.63) is 26.7 Å². The number of hydrogen-bond acceptors (Lipinski definition) is 3. The topological polar surface area (TPSA) is 58.2 Å². The highest BCUT2D eigenvalue weighted by Crippen LogP contribution is 2.32. The Kier molecular flexibility index (Phi) is 7.07. The quantitative estimate of drug-likeness (QED) is 0.704. The second kappa shape index (κ2) is 7.81. The lowest BCUT2D eigenvalue weighted by atomic mass is 10.4. The summed E-state index contributed by atoms with van der Waals surface area (Å²) in [6, 6.07) is 3.00. The zero-order valence-corrected chi connectivity index (χ0v) is 14.3. The molecule has 4 nitrogen and oxygen atoms in total. The minimum atomic E-state index is -3.69. The molecule has 1 aromatic rings. The summed E-state index contributed by atoms with van der Waals surface area (Å²) >= 11 is 15.1. The van der Waals surface area contributed by atoms with E-state index < -0.39 is 10.0 Å². The van der Waals surface area contributed by atoms with Crippen LogP contribution in [-0.2, 0) is 10.0 Å². The Morgan fingerprint density at radius 2 is 1.79 bits per heavy atom. The lowest BCUT2D eigenvalue weighted by Crippen LogP contribution is -2.28. The average Bonchev–Trinajstić information content (AvgIpc) is 2.26. The maximum atomic E-state index is 12.1. The van der Waals surface area contributed by atoms with Gasteiger partial charge in [0.05, 0.1) is 10.0 Å². The SMILES string of the molecule is CCNCCCNS(=O)(=O)c1c(Cl)cc(Br)cc1Cl. The molecule has 0 aliphatic rings. The first-order chi connectivity index (χ1) is 8.88. The van der Waals surface area contributed by atoms with Gasteiger partial charge in [0, 0.05) is 11.0 Å². The highest BCUT2D eigenvalue weighted by Gasteiger charge is 2.21. The van der Waals surface area contributed by atoms with Gasteiger partial charge in [-0.2, -0.15) is 0 Å². The molecule has 0 aliphatic carbocycles. The van der Waals surface area contributed by atoms with Gasteiger partial charge in [-0.3, -0.25) is 0 Å². The molecule has 8 heteroatoms. The third-order valence-electron chi connectivity index (χ3n) is 2.30. The second-order valence-corrected chi connectivity index (χ2v) is 7.24. The summed E-state index contributed by atoms with van der Waals surface area (Å²) in [5, 5.41) is 3.30. The van der Waals surface area contributed by atoms with Gasteiger partial charge in [0.15, 0.2) is 0 Å². The van der Waals surface area contributed by atoms with E-state index >= 15 is 0 Å². The first kappa shape index (κ1) is 17.2. The van der Waals surface area contributed by atoms with Crippen molar-refractivity contribution in [1.82, 2.24) is 10.0 Å². The van der Waals surface area contributed by atoms with E-state index in [9.17, 15) is 8.42 Å². The molecule has 108 valence electrons. The molecular weight excluding hydrogens is 375 g/mol. The molecule has 0 unspecified atom stereocenters. The number of nitrogens with one attached hydrogen (secondary N) is 2. The van der Waals surface area contributed by atoms with Crippen molar-refractivity contribution >= 4 is 49.2 Å². The fourth-order valence-corrected chi connectivity index (χ4v) is 4.46. The van der Waals surface area contributed by atoms with Crippen LogP contribution in [0, 0.1) is 0 Å². The Labute approximate surface area is 132 Å². The van der Waals surface area contributed by atoms with E-state index in [4.69, 9.17) is 23.2 Å². The number of benzene rings is 1. The van der Waals surface area contributed by atoms with Gasteiger partial charge in [-0.1, -0.05) is 46.1 Å². The smallest absolute Gasteiger partial charge is 0.243 e. The third-order valence-corrected chi connectivity index (χ3v) is 5.14. The number of halogens is 3. The molecular formula is C11H15BrCl2N2O2S. The largest absolute Gasteiger partial charge is 0.317 e. The van der Waals surface area contributed by atoms with Gasteiger partial charge >= 0.3 is 0 Å². The maximum Gasteiger partial charge on any atom is 0.243 e. The van der Waals surface area contributed by atoms with Crippen LogP contribution in [0.15, 0.2) is 21.5 Å². The van der Waals surface area contributed by atoms with Gasteiger partial charge in [0.2, 0.25) is 10.0 Å². The molecule has 0 amide bonds. The van der Waals surface area contributed by atoms with Crippen molar-refractivity contribution in [1.29, 1.82) is 0 Å². The van der Waals surface area contributed by atoms with Gasteiger partial charge in [0.25, 0.3) is 0 Å². The Morgan fingerprint density at radius 1 is 1.21 bits per heavy atom. The molecule has 19 heavy (non-hydrogen) atoms. The lowest BCUT2D eigenvalue weighted by Gasteiger charge is -2.10. The molecule has 0 aromatic heterocycles. The minimum Gasteiger partial charge on any atom is -0.317 e. The standard InChI is InChI=1S/C11H15BrCl2N2O2S/c1-2-15-4-3-5-16-19(17,18)11-9(13)6-8(12)7-10(11)14/h6-7,15-16H,2-5H2,1H3. The molecule has 0 radical (unpaired) electrons. The third kappa shape index (κ3) is 5.21. The van der Waals surface area contributed by atoms with Gasteiger partial charge in [-0.25, -0.2) is 13.1 Å². The van der Waals surface area contributed by atoms with Crippen molar-refractivity contribution in [3.63, 3.8) is 0 Å². The lowest BCUT2D eigenvalue weighted by molar-refractivity contribution is 0.575. The van der Waals surface area contributed by atoms with Crippen LogP contribution in [0.1, 0.15) is 13.3 Å². The van der Waals surface area contributed by atoms with Crippen molar-refractivity contribution < 1.29 is 8.42 Å². The van der Waals surface area contributed by atoms with Crippen LogP contribution < -0.4 is 10.0 Å². The summed E-state index contributed by atoms with van der Waals surface area (Å²) in [7, 11) is -3.69. The molecule has 0 spiro atoms. The molecule has 0 heterocycles. The van der Waals surface area contributed by atoms with E-state index in [1.165, 1.54) is 12.1 Å². The van der Waals surface area contributed by atoms with E-state index in [2.05, 4.69) is 26.0 Å². The molecule has 0 bridgehead atoms. The van der Waals surface area contributed by atoms with Crippen LogP contribution in [0.5, 0.6) is 0 Å². The predicted molar refractivity (Wildman–Crippen MR) is 82.5 cm³/mol. The highest BCUT2D eigenvalue weighted by molar-refractivity contribution is 9.10. The van der Waals surface area contributed by atoms with Gasteiger partial charge in [-0.05, 0) is 31.6 Å². The Morgan fingerprint density at radius 3 is 2.32 bits per heavy atom. The maximum absolute atomic E-state index is 12.1. The highest BCUT2D eigenvalue weighted by atomic mass is 79.9. The normalized spacial score (nSPS) is 11.8. The van der Waals surface area contributed by atoms with Crippen molar-refractivity contribution in [2.24, 2.45) is 0 Å². The van der Waals surface area contributed by atoms with Crippen molar-refractivity contribution in [2.45, 2.75) is 18.2 Å². The predicted octanol–water partition coefficient (Wildman–Crippen LogP) is 3.03. The Bertz CT molecular complexity index is 514. The summed E-state index contributed by atoms with van der Waals surface area (Å²) in [6.45, 7) is 3.93. The van der Waals surface area contributed by atoms with E-state index in [-0.39, 0.29) is 14.9 Å². The number of hydrogen-bond donors (Lipinski definition) is 2. The summed E-state index contributed by atoms with van der Waals surface area (Å²) in [4.78, 5) is -0.0810. The molecule has 0 saturated carbocycles. The summed E-state index contributed by atoms with van der Waals surface area (Å²) in [6.07, 6.45) is 0.693. The fourth-order valence-electron chi connectivity index (χ4n) is 1.45. The van der Waals surface area contributed by atoms with E-state index in [0.717, 1.165) is 13.1 Å². The second-order valence-electron chi connectivity index (χ2n) is 3.80. The molecule has 1 rings (SSSR count). The monoisotopic (exact) mass is 388 g/mol. The first-order valence-electron chi connectivity index (χ1n) is 5.73. The zero-order valence-electron chi connectivity index (χ0n) is 10.3. The van der Waals surface area contributed by atoms with Gasteiger partial charge < -0.3 is 5.32 Å². The molecule has 0 saturated heterocycles. The molecule has 0 atom stereocenters. The Balaban J connectivity index is 2.78. The van der Waals surface area contributed by atoms with Crippen LogP contribution in [0.25, 0.3) is 0 Å². The van der Waals surface area contributed by atoms with Crippen molar-refractivity contribution in [2.75, 3.05) is 19.6 Å². The Hall–Kier alpha value is 0.150. The summed E-state index contributed by atoms with van der Waals surface area (Å²) in [5.74, 6) is 0. The van der Waals surface area contributed by atoms with Crippen LogP contribution >= 0.6 is 39.1 Å². The fraction of sp³-hybridized carbons (Fsp3) is 0.455. The molecule has 1 aromatic carbocycles. The van der Waals surface area contributed by atoms with Crippen LogP contribution in [0.2, 0.25) is 10.0 Å². The van der Waals surface area contributed by atoms with Gasteiger partial charge in [-0.15, -0.1) is 0 Å². The van der Waals surface area contributed by atoms with Crippen LogP contribution in [0.4, 0.5) is 0 Å².